The summed E-state index contributed by atoms with van der Waals surface area (Å²) in [6.07, 6.45) is 2.55. The molecule has 0 aliphatic heterocycles. The monoisotopic (exact) mass is 268 g/mol. The first-order chi connectivity index (χ1) is 8.72. The van der Waals surface area contributed by atoms with E-state index in [0.29, 0.717) is 23.8 Å². The minimum absolute atomic E-state index is 0.0783. The van der Waals surface area contributed by atoms with E-state index in [1.54, 1.807) is 12.1 Å². The van der Waals surface area contributed by atoms with E-state index in [9.17, 15) is 4.39 Å². The van der Waals surface area contributed by atoms with Crippen molar-refractivity contribution in [3.8, 4) is 11.3 Å². The Hall–Kier alpha value is -1.39. The largest absolute Gasteiger partial charge is 0.439 e. The standard InChI is InChI=1S/C13H14ClFN2O/c1-2-6-16-8-12-17-7-11(18-12)9-4-3-5-10(14)13(9)15/h3-5,7,16H,2,6,8H2,1H3. The average Bonchev–Trinajstić information content (AvgIpc) is 2.82. The van der Waals surface area contributed by atoms with Gasteiger partial charge in [0, 0.05) is 0 Å². The fourth-order valence-electron chi connectivity index (χ4n) is 1.58. The van der Waals surface area contributed by atoms with Gasteiger partial charge >= 0.3 is 0 Å². The summed E-state index contributed by atoms with van der Waals surface area (Å²) in [6.45, 7) is 3.51. The van der Waals surface area contributed by atoms with E-state index in [4.69, 9.17) is 16.0 Å². The third-order valence-electron chi connectivity index (χ3n) is 2.47. The van der Waals surface area contributed by atoms with Gasteiger partial charge in [-0.3, -0.25) is 0 Å². The van der Waals surface area contributed by atoms with Gasteiger partial charge in [-0.15, -0.1) is 0 Å². The second-order valence-electron chi connectivity index (χ2n) is 3.90. The van der Waals surface area contributed by atoms with Crippen LogP contribution in [0.1, 0.15) is 19.2 Å². The first-order valence-corrected chi connectivity index (χ1v) is 6.20. The van der Waals surface area contributed by atoms with E-state index < -0.39 is 5.82 Å². The fraction of sp³-hybridized carbons (Fsp3) is 0.308. The highest BCUT2D eigenvalue weighted by Crippen LogP contribution is 2.27. The third kappa shape index (κ3) is 2.89. The molecule has 0 atom stereocenters. The van der Waals surface area contributed by atoms with E-state index in [0.717, 1.165) is 13.0 Å². The molecule has 3 nitrogen and oxygen atoms in total. The van der Waals surface area contributed by atoms with Gasteiger partial charge in [0.15, 0.2) is 11.6 Å². The van der Waals surface area contributed by atoms with Crippen molar-refractivity contribution in [1.82, 2.24) is 10.3 Å². The van der Waals surface area contributed by atoms with Gasteiger partial charge in [0.1, 0.15) is 0 Å². The van der Waals surface area contributed by atoms with Crippen LogP contribution in [-0.4, -0.2) is 11.5 Å². The molecule has 2 rings (SSSR count). The Labute approximate surface area is 110 Å². The van der Waals surface area contributed by atoms with Crippen LogP contribution < -0.4 is 5.32 Å². The minimum atomic E-state index is -0.483. The van der Waals surface area contributed by atoms with Crippen molar-refractivity contribution in [2.24, 2.45) is 0 Å². The van der Waals surface area contributed by atoms with Crippen molar-refractivity contribution in [3.63, 3.8) is 0 Å². The fourth-order valence-corrected chi connectivity index (χ4v) is 1.76. The molecule has 1 N–H and O–H groups in total. The van der Waals surface area contributed by atoms with E-state index >= 15 is 0 Å². The van der Waals surface area contributed by atoms with E-state index in [-0.39, 0.29) is 5.02 Å². The SMILES string of the molecule is CCCNCc1ncc(-c2cccc(Cl)c2F)o1. The van der Waals surface area contributed by atoms with Crippen molar-refractivity contribution < 1.29 is 8.81 Å². The number of rotatable bonds is 5. The zero-order valence-electron chi connectivity index (χ0n) is 10.0. The summed E-state index contributed by atoms with van der Waals surface area (Å²) in [7, 11) is 0. The van der Waals surface area contributed by atoms with Crippen molar-refractivity contribution in [2.75, 3.05) is 6.54 Å². The molecule has 96 valence electrons. The van der Waals surface area contributed by atoms with Crippen LogP contribution in [0.2, 0.25) is 5.02 Å². The number of nitrogens with zero attached hydrogens (tertiary/aromatic N) is 1. The predicted molar refractivity (Wildman–Crippen MR) is 68.9 cm³/mol. The van der Waals surface area contributed by atoms with Crippen LogP contribution in [0.5, 0.6) is 0 Å². The summed E-state index contributed by atoms with van der Waals surface area (Å²) in [5.74, 6) is 0.449. The lowest BCUT2D eigenvalue weighted by Gasteiger charge is -2.00. The van der Waals surface area contributed by atoms with Gasteiger partial charge in [0.25, 0.3) is 0 Å². The zero-order valence-corrected chi connectivity index (χ0v) is 10.8. The third-order valence-corrected chi connectivity index (χ3v) is 2.77. The Bertz CT molecular complexity index is 527. The Balaban J connectivity index is 2.16. The molecule has 1 aromatic heterocycles. The lowest BCUT2D eigenvalue weighted by molar-refractivity contribution is 0.475. The zero-order chi connectivity index (χ0) is 13.0. The second kappa shape index (κ2) is 5.98. The first kappa shape index (κ1) is 13.1. The molecule has 5 heteroatoms. The summed E-state index contributed by atoms with van der Waals surface area (Å²) in [5, 5.41) is 3.24. The van der Waals surface area contributed by atoms with Crippen LogP contribution in [0.15, 0.2) is 28.8 Å². The van der Waals surface area contributed by atoms with Gasteiger partial charge < -0.3 is 9.73 Å². The van der Waals surface area contributed by atoms with Crippen molar-refractivity contribution >= 4 is 11.6 Å². The summed E-state index contributed by atoms with van der Waals surface area (Å²) < 4.78 is 19.2. The van der Waals surface area contributed by atoms with Gasteiger partial charge in [-0.2, -0.15) is 0 Å². The molecular weight excluding hydrogens is 255 g/mol. The Kier molecular flexibility index (Phi) is 4.33. The molecule has 0 fully saturated rings. The highest BCUT2D eigenvalue weighted by Gasteiger charge is 2.12. The summed E-state index contributed by atoms with van der Waals surface area (Å²) >= 11 is 5.72. The number of hydrogen-bond acceptors (Lipinski definition) is 3. The van der Waals surface area contributed by atoms with Crippen molar-refractivity contribution in [3.05, 3.63) is 41.1 Å². The van der Waals surface area contributed by atoms with Crippen LogP contribution in [0.25, 0.3) is 11.3 Å². The number of nitrogens with one attached hydrogen (secondary N) is 1. The molecule has 0 saturated heterocycles. The lowest BCUT2D eigenvalue weighted by atomic mass is 10.2. The molecule has 0 amide bonds. The van der Waals surface area contributed by atoms with Crippen LogP contribution in [0.3, 0.4) is 0 Å². The molecule has 0 bridgehead atoms. The van der Waals surface area contributed by atoms with Gasteiger partial charge in [0.05, 0.1) is 23.3 Å². The molecule has 1 aromatic carbocycles. The highest BCUT2D eigenvalue weighted by atomic mass is 35.5. The molecule has 0 spiro atoms. The summed E-state index contributed by atoms with van der Waals surface area (Å²) in [4.78, 5) is 4.10. The number of hydrogen-bond donors (Lipinski definition) is 1. The van der Waals surface area contributed by atoms with Crippen LogP contribution in [0, 0.1) is 5.82 Å². The molecule has 1 heterocycles. The van der Waals surface area contributed by atoms with E-state index in [2.05, 4.69) is 17.2 Å². The first-order valence-electron chi connectivity index (χ1n) is 5.82. The van der Waals surface area contributed by atoms with Crippen molar-refractivity contribution in [1.29, 1.82) is 0 Å². The van der Waals surface area contributed by atoms with Gasteiger partial charge in [0.2, 0.25) is 5.89 Å². The maximum absolute atomic E-state index is 13.8. The normalized spacial score (nSPS) is 10.8. The van der Waals surface area contributed by atoms with Crippen LogP contribution in [0.4, 0.5) is 4.39 Å². The molecule has 0 aliphatic rings. The molecule has 0 unspecified atom stereocenters. The second-order valence-corrected chi connectivity index (χ2v) is 4.30. The number of aromatic nitrogens is 1. The maximum Gasteiger partial charge on any atom is 0.208 e. The highest BCUT2D eigenvalue weighted by molar-refractivity contribution is 6.31. The summed E-state index contributed by atoms with van der Waals surface area (Å²) in [6, 6.07) is 4.80. The van der Waals surface area contributed by atoms with Crippen molar-refractivity contribution in [2.45, 2.75) is 19.9 Å². The molecule has 0 saturated carbocycles. The van der Waals surface area contributed by atoms with Gasteiger partial charge in [-0.05, 0) is 25.1 Å². The topological polar surface area (TPSA) is 38.1 Å². The Morgan fingerprint density at radius 2 is 2.28 bits per heavy atom. The Morgan fingerprint density at radius 3 is 3.06 bits per heavy atom. The smallest absolute Gasteiger partial charge is 0.208 e. The predicted octanol–water partition coefficient (Wildman–Crippen LogP) is 3.63. The van der Waals surface area contributed by atoms with E-state index in [1.807, 2.05) is 0 Å². The van der Waals surface area contributed by atoms with Crippen LogP contribution in [-0.2, 0) is 6.54 Å². The molecular formula is C13H14ClFN2O. The lowest BCUT2D eigenvalue weighted by Crippen LogP contribution is -2.13. The van der Waals surface area contributed by atoms with Gasteiger partial charge in [-0.1, -0.05) is 24.6 Å². The molecule has 2 aromatic rings. The molecule has 18 heavy (non-hydrogen) atoms. The Morgan fingerprint density at radius 1 is 1.44 bits per heavy atom. The molecule has 0 radical (unpaired) electrons. The number of oxazole rings is 1. The quantitative estimate of drug-likeness (QED) is 0.842. The maximum atomic E-state index is 13.8. The van der Waals surface area contributed by atoms with E-state index in [1.165, 1.54) is 12.3 Å². The van der Waals surface area contributed by atoms with Crippen LogP contribution >= 0.6 is 11.6 Å². The number of halogens is 2. The molecule has 0 aliphatic carbocycles. The van der Waals surface area contributed by atoms with Gasteiger partial charge in [-0.25, -0.2) is 9.37 Å². The average molecular weight is 269 g/mol. The summed E-state index contributed by atoms with van der Waals surface area (Å²) in [5.41, 5.74) is 0.330. The minimum Gasteiger partial charge on any atom is -0.439 e. The number of benzene rings is 1.